The number of rotatable bonds is 12. The van der Waals surface area contributed by atoms with Gasteiger partial charge in [0, 0.05) is 21.1 Å². The van der Waals surface area contributed by atoms with E-state index in [0.29, 0.717) is 6.42 Å². The summed E-state index contributed by atoms with van der Waals surface area (Å²) < 4.78 is 6.58. The van der Waals surface area contributed by atoms with Gasteiger partial charge < -0.3 is 4.18 Å². The average molecular weight is 477 g/mol. The first-order valence-corrected chi connectivity index (χ1v) is 14.5. The average Bonchev–Trinajstić information content (AvgIpc) is 2.85. The number of carbonyl (C=O) groups is 1. The van der Waals surface area contributed by atoms with Gasteiger partial charge in [-0.1, -0.05) is 83.4 Å². The Morgan fingerprint density at radius 3 is 1.15 bits per heavy atom. The first kappa shape index (κ1) is 26.1. The smallest absolute Gasteiger partial charge is 0.317 e. The van der Waals surface area contributed by atoms with Crippen molar-refractivity contribution in [1.29, 1.82) is 0 Å². The van der Waals surface area contributed by atoms with Crippen LogP contribution >= 0.6 is 10.3 Å². The predicted molar refractivity (Wildman–Crippen MR) is 145 cm³/mol. The van der Waals surface area contributed by atoms with Gasteiger partial charge in [0.25, 0.3) is 0 Å². The van der Waals surface area contributed by atoms with Crippen LogP contribution in [0.2, 0.25) is 0 Å². The molecule has 3 aromatic carbocycles. The van der Waals surface area contributed by atoms with Crippen LogP contribution in [0.15, 0.2) is 87.5 Å². The van der Waals surface area contributed by atoms with Crippen LogP contribution in [-0.4, -0.2) is 5.97 Å². The van der Waals surface area contributed by atoms with Gasteiger partial charge in [0.05, 0.1) is 0 Å². The Morgan fingerprint density at radius 2 is 0.882 bits per heavy atom. The molecule has 0 atom stereocenters. The Hall–Kier alpha value is -2.52. The summed E-state index contributed by atoms with van der Waals surface area (Å²) in [6.07, 6.45) is 7.68. The van der Waals surface area contributed by atoms with Gasteiger partial charge in [0.2, 0.25) is 0 Å². The third-order valence-electron chi connectivity index (χ3n) is 6.05. The third kappa shape index (κ3) is 6.13. The minimum Gasteiger partial charge on any atom is -0.402 e. The fourth-order valence-corrected chi connectivity index (χ4v) is 7.37. The normalized spacial score (nSPS) is 11.9. The first-order valence-electron chi connectivity index (χ1n) is 12.9. The van der Waals surface area contributed by atoms with E-state index in [0.717, 1.165) is 59.6 Å². The van der Waals surface area contributed by atoms with Gasteiger partial charge in [0.15, 0.2) is 0 Å². The Kier molecular flexibility index (Phi) is 9.83. The van der Waals surface area contributed by atoms with Gasteiger partial charge in [0.1, 0.15) is 0 Å². The van der Waals surface area contributed by atoms with Gasteiger partial charge >= 0.3 is 5.97 Å². The van der Waals surface area contributed by atoms with E-state index in [-0.39, 0.29) is 5.97 Å². The fourth-order valence-electron chi connectivity index (χ4n) is 4.35. The summed E-state index contributed by atoms with van der Waals surface area (Å²) in [5, 5.41) is 0. The van der Waals surface area contributed by atoms with Crippen LogP contribution in [0, 0.1) is 0 Å². The molecule has 0 aliphatic heterocycles. The van der Waals surface area contributed by atoms with Crippen LogP contribution in [0.25, 0.3) is 0 Å². The Bertz CT molecular complexity index is 900. The third-order valence-corrected chi connectivity index (χ3v) is 9.30. The molecule has 0 aliphatic rings. The monoisotopic (exact) mass is 476 g/mol. The molecule has 0 aliphatic carbocycles. The standard InChI is InChI=1S/C31H40O2S/c1-5-9-25-13-19-28(20-14-25)34(33-31(32)12-8-4,29-21-15-26(10-6-2)16-22-29)30-23-17-27(11-7-3)18-24-30/h13-24H,5-12H2,1-4H3. The second-order valence-corrected chi connectivity index (χ2v) is 11.6. The van der Waals surface area contributed by atoms with Crippen molar-refractivity contribution < 1.29 is 8.98 Å². The Balaban J connectivity index is 2.22. The fraction of sp³-hybridized carbons (Fsp3) is 0.387. The lowest BCUT2D eigenvalue weighted by atomic mass is 10.1. The molecule has 0 bridgehead atoms. The zero-order valence-corrected chi connectivity index (χ0v) is 22.1. The van der Waals surface area contributed by atoms with E-state index in [4.69, 9.17) is 4.18 Å². The number of carbonyl (C=O) groups excluding carboxylic acids is 1. The van der Waals surface area contributed by atoms with Crippen molar-refractivity contribution >= 4 is 16.3 Å². The lowest BCUT2D eigenvalue weighted by Gasteiger charge is -2.40. The Labute approximate surface area is 208 Å². The molecule has 0 aromatic heterocycles. The zero-order chi connectivity index (χ0) is 24.4. The summed E-state index contributed by atoms with van der Waals surface area (Å²) in [6.45, 7) is 8.62. The molecule has 182 valence electrons. The van der Waals surface area contributed by atoms with Gasteiger partial charge in [-0.25, -0.2) is 0 Å². The van der Waals surface area contributed by atoms with Gasteiger partial charge in [-0.2, -0.15) is 0 Å². The van der Waals surface area contributed by atoms with E-state index in [9.17, 15) is 4.79 Å². The van der Waals surface area contributed by atoms with Crippen molar-refractivity contribution in [3.63, 3.8) is 0 Å². The molecule has 3 rings (SSSR count). The summed E-state index contributed by atoms with van der Waals surface area (Å²) in [5.41, 5.74) is 3.95. The van der Waals surface area contributed by atoms with Gasteiger partial charge in [-0.05, 0) is 89.1 Å². The SMILES string of the molecule is CCCC(=O)OS(c1ccc(CCC)cc1)(c1ccc(CCC)cc1)c1ccc(CCC)cc1. The molecule has 2 nitrogen and oxygen atoms in total. The van der Waals surface area contributed by atoms with Crippen molar-refractivity contribution in [3.8, 4) is 0 Å². The van der Waals surface area contributed by atoms with E-state index in [1.165, 1.54) is 16.7 Å². The summed E-state index contributed by atoms with van der Waals surface area (Å²) in [4.78, 5) is 16.3. The van der Waals surface area contributed by atoms with Crippen LogP contribution in [0.4, 0.5) is 0 Å². The van der Waals surface area contributed by atoms with Crippen LogP contribution in [0.3, 0.4) is 0 Å². The predicted octanol–water partition coefficient (Wildman–Crippen LogP) is 9.08. The van der Waals surface area contributed by atoms with Crippen LogP contribution < -0.4 is 0 Å². The lowest BCUT2D eigenvalue weighted by molar-refractivity contribution is -0.133. The minimum atomic E-state index is -2.20. The maximum absolute atomic E-state index is 13.1. The molecule has 0 unspecified atom stereocenters. The van der Waals surface area contributed by atoms with E-state index in [1.807, 2.05) is 6.92 Å². The van der Waals surface area contributed by atoms with Crippen LogP contribution in [-0.2, 0) is 28.2 Å². The van der Waals surface area contributed by atoms with E-state index < -0.39 is 10.3 Å². The number of hydrogen-bond acceptors (Lipinski definition) is 2. The molecule has 0 radical (unpaired) electrons. The van der Waals surface area contributed by atoms with Crippen molar-refractivity contribution in [2.24, 2.45) is 0 Å². The maximum Gasteiger partial charge on any atom is 0.317 e. The van der Waals surface area contributed by atoms with Crippen molar-refractivity contribution in [2.45, 2.75) is 93.7 Å². The summed E-state index contributed by atoms with van der Waals surface area (Å²) in [5.74, 6) is -0.134. The first-order chi connectivity index (χ1) is 16.6. The molecule has 0 heterocycles. The molecule has 34 heavy (non-hydrogen) atoms. The highest BCUT2D eigenvalue weighted by Gasteiger charge is 2.35. The lowest BCUT2D eigenvalue weighted by Crippen LogP contribution is -2.13. The quantitative estimate of drug-likeness (QED) is 0.260. The molecule has 0 saturated heterocycles. The van der Waals surface area contributed by atoms with Gasteiger partial charge in [-0.15, -0.1) is 0 Å². The highest BCUT2D eigenvalue weighted by atomic mass is 32.3. The summed E-state index contributed by atoms with van der Waals surface area (Å²) in [7, 11) is -2.20. The van der Waals surface area contributed by atoms with Crippen LogP contribution in [0.5, 0.6) is 0 Å². The maximum atomic E-state index is 13.1. The molecule has 3 heteroatoms. The molecule has 3 aromatic rings. The van der Waals surface area contributed by atoms with Gasteiger partial charge in [-0.3, -0.25) is 4.79 Å². The Morgan fingerprint density at radius 1 is 0.559 bits per heavy atom. The highest BCUT2D eigenvalue weighted by molar-refractivity contribution is 8.30. The van der Waals surface area contributed by atoms with Crippen molar-refractivity contribution in [3.05, 3.63) is 89.5 Å². The minimum absolute atomic E-state index is 0.134. The number of benzene rings is 3. The second-order valence-electron chi connectivity index (χ2n) is 8.94. The van der Waals surface area contributed by atoms with Crippen LogP contribution in [0.1, 0.15) is 76.5 Å². The highest BCUT2D eigenvalue weighted by Crippen LogP contribution is 2.69. The number of hydrogen-bond donors (Lipinski definition) is 0. The zero-order valence-electron chi connectivity index (χ0n) is 21.3. The molecular weight excluding hydrogens is 436 g/mol. The van der Waals surface area contributed by atoms with Crippen molar-refractivity contribution in [2.75, 3.05) is 0 Å². The molecule has 0 saturated carbocycles. The molecular formula is C31H40O2S. The molecule has 0 N–H and O–H groups in total. The van der Waals surface area contributed by atoms with Crippen molar-refractivity contribution in [1.82, 2.24) is 0 Å². The molecule has 0 fully saturated rings. The van der Waals surface area contributed by atoms with E-state index in [1.54, 1.807) is 0 Å². The second kappa shape index (κ2) is 12.8. The molecule has 0 amide bonds. The largest absolute Gasteiger partial charge is 0.402 e. The number of aryl methyl sites for hydroxylation is 3. The molecule has 0 spiro atoms. The topological polar surface area (TPSA) is 26.3 Å². The van der Waals surface area contributed by atoms with E-state index in [2.05, 4.69) is 93.6 Å². The summed E-state index contributed by atoms with van der Waals surface area (Å²) >= 11 is 0. The summed E-state index contributed by atoms with van der Waals surface area (Å²) in [6, 6.07) is 26.3. The van der Waals surface area contributed by atoms with E-state index >= 15 is 0 Å².